The molecule has 4 nitrogen and oxygen atoms in total. The van der Waals surface area contributed by atoms with Crippen LogP contribution in [0.5, 0.6) is 0 Å². The molecule has 1 aromatic heterocycles. The molecule has 30 heavy (non-hydrogen) atoms. The van der Waals surface area contributed by atoms with Gasteiger partial charge >= 0.3 is 0 Å². The van der Waals surface area contributed by atoms with Gasteiger partial charge in [0.2, 0.25) is 6.41 Å². The summed E-state index contributed by atoms with van der Waals surface area (Å²) in [5, 5.41) is 3.64. The van der Waals surface area contributed by atoms with Gasteiger partial charge in [-0.25, -0.2) is 8.78 Å². The summed E-state index contributed by atoms with van der Waals surface area (Å²) in [4.78, 5) is 12.7. The number of amides is 1. The van der Waals surface area contributed by atoms with E-state index in [1.807, 2.05) is 6.07 Å². The Morgan fingerprint density at radius 2 is 1.73 bits per heavy atom. The fraction of sp³-hybridized carbons (Fsp3) is 0.375. The summed E-state index contributed by atoms with van der Waals surface area (Å²) in [6.07, 6.45) is 5.99. The number of nitrogens with zero attached hydrogens (tertiary/aromatic N) is 2. The third-order valence-electron chi connectivity index (χ3n) is 5.90. The Labute approximate surface area is 175 Å². The van der Waals surface area contributed by atoms with Crippen molar-refractivity contribution in [3.05, 3.63) is 65.4 Å². The topological polar surface area (TPSA) is 37.3 Å². The third-order valence-corrected chi connectivity index (χ3v) is 5.90. The van der Waals surface area contributed by atoms with Gasteiger partial charge in [0.1, 0.15) is 11.6 Å². The van der Waals surface area contributed by atoms with Gasteiger partial charge in [0, 0.05) is 42.8 Å². The van der Waals surface area contributed by atoms with Gasteiger partial charge in [0.25, 0.3) is 0 Å². The van der Waals surface area contributed by atoms with E-state index < -0.39 is 0 Å². The monoisotopic (exact) mass is 411 g/mol. The molecule has 1 amide bonds. The molecule has 4 rings (SSSR count). The molecule has 0 saturated heterocycles. The quantitative estimate of drug-likeness (QED) is 0.414. The van der Waals surface area contributed by atoms with Gasteiger partial charge in [-0.2, -0.15) is 0 Å². The van der Waals surface area contributed by atoms with Gasteiger partial charge in [-0.1, -0.05) is 12.8 Å². The Hall–Kier alpha value is -2.73. The van der Waals surface area contributed by atoms with Gasteiger partial charge < -0.3 is 9.88 Å². The van der Waals surface area contributed by atoms with Crippen molar-refractivity contribution < 1.29 is 13.6 Å². The first-order chi connectivity index (χ1) is 14.7. The van der Waals surface area contributed by atoms with Crippen LogP contribution in [0.2, 0.25) is 0 Å². The van der Waals surface area contributed by atoms with Crippen molar-refractivity contribution in [1.29, 1.82) is 0 Å². The van der Waals surface area contributed by atoms with Crippen molar-refractivity contribution in [1.82, 2.24) is 14.8 Å². The number of aromatic nitrogens is 1. The highest BCUT2D eigenvalue weighted by molar-refractivity contribution is 5.87. The van der Waals surface area contributed by atoms with E-state index in [0.29, 0.717) is 0 Å². The van der Waals surface area contributed by atoms with E-state index in [9.17, 15) is 13.6 Å². The van der Waals surface area contributed by atoms with Crippen molar-refractivity contribution in [2.24, 2.45) is 0 Å². The molecule has 0 atom stereocenters. The molecule has 1 aliphatic rings. The zero-order chi connectivity index (χ0) is 20.9. The Morgan fingerprint density at radius 1 is 0.967 bits per heavy atom. The molecule has 2 heterocycles. The van der Waals surface area contributed by atoms with E-state index in [2.05, 4.69) is 14.8 Å². The number of unbranched alkanes of at least 4 members (excludes halogenated alkanes) is 3. The first-order valence-electron chi connectivity index (χ1n) is 10.6. The fourth-order valence-corrected chi connectivity index (χ4v) is 4.44. The fourth-order valence-electron chi connectivity index (χ4n) is 4.44. The zero-order valence-electron chi connectivity index (χ0n) is 17.0. The van der Waals surface area contributed by atoms with Crippen molar-refractivity contribution in [2.75, 3.05) is 19.6 Å². The van der Waals surface area contributed by atoms with E-state index in [4.69, 9.17) is 0 Å². The molecule has 0 aliphatic carbocycles. The van der Waals surface area contributed by atoms with E-state index in [1.54, 1.807) is 18.2 Å². The minimum Gasteiger partial charge on any atom is -0.359 e. The summed E-state index contributed by atoms with van der Waals surface area (Å²) in [6.45, 7) is 3.51. The van der Waals surface area contributed by atoms with Crippen LogP contribution in [0.25, 0.3) is 16.6 Å². The lowest BCUT2D eigenvalue weighted by atomic mass is 10.0. The number of carbonyl (C=O) groups is 1. The highest BCUT2D eigenvalue weighted by Gasteiger charge is 2.24. The summed E-state index contributed by atoms with van der Waals surface area (Å²) in [5.74, 6) is -0.495. The number of halogens is 2. The van der Waals surface area contributed by atoms with Crippen molar-refractivity contribution in [3.63, 3.8) is 0 Å². The second-order valence-corrected chi connectivity index (χ2v) is 7.91. The summed E-state index contributed by atoms with van der Waals surface area (Å²) in [7, 11) is 0. The molecule has 0 saturated carbocycles. The van der Waals surface area contributed by atoms with E-state index in [-0.39, 0.29) is 11.6 Å². The molecule has 6 heteroatoms. The van der Waals surface area contributed by atoms with Crippen LogP contribution >= 0.6 is 0 Å². The molecule has 0 spiro atoms. The van der Waals surface area contributed by atoms with E-state index in [0.717, 1.165) is 81.3 Å². The Bertz CT molecular complexity index is 1010. The largest absolute Gasteiger partial charge is 0.359 e. The minimum absolute atomic E-state index is 0.234. The van der Waals surface area contributed by atoms with E-state index >= 15 is 0 Å². The Morgan fingerprint density at radius 3 is 2.53 bits per heavy atom. The van der Waals surface area contributed by atoms with E-state index in [1.165, 1.54) is 29.5 Å². The maximum atomic E-state index is 14.0. The third kappa shape index (κ3) is 4.38. The van der Waals surface area contributed by atoms with Crippen LogP contribution < -0.4 is 5.32 Å². The number of fused-ring (bicyclic) bond motifs is 3. The van der Waals surface area contributed by atoms with Crippen LogP contribution in [0.1, 0.15) is 36.9 Å². The second kappa shape index (κ2) is 9.39. The van der Waals surface area contributed by atoms with Crippen molar-refractivity contribution in [2.45, 2.75) is 38.6 Å². The van der Waals surface area contributed by atoms with Crippen molar-refractivity contribution >= 4 is 17.3 Å². The first kappa shape index (κ1) is 20.5. The number of hydrogen-bond donors (Lipinski definition) is 1. The molecular formula is C24H27F2N3O. The van der Waals surface area contributed by atoms with Gasteiger partial charge in [0.15, 0.2) is 0 Å². The molecular weight excluding hydrogens is 384 g/mol. The predicted molar refractivity (Wildman–Crippen MR) is 115 cm³/mol. The lowest BCUT2D eigenvalue weighted by molar-refractivity contribution is -0.109. The molecule has 0 radical (unpaired) electrons. The van der Waals surface area contributed by atoms with Crippen molar-refractivity contribution in [3.8, 4) is 5.69 Å². The number of benzene rings is 2. The van der Waals surface area contributed by atoms with Gasteiger partial charge in [-0.15, -0.1) is 0 Å². The van der Waals surface area contributed by atoms with Crippen LogP contribution in [0.4, 0.5) is 8.78 Å². The maximum absolute atomic E-state index is 14.0. The summed E-state index contributed by atoms with van der Waals surface area (Å²) in [6, 6.07) is 11.4. The molecule has 1 N–H and O–H groups in total. The van der Waals surface area contributed by atoms with Crippen LogP contribution in [0.3, 0.4) is 0 Å². The first-order valence-corrected chi connectivity index (χ1v) is 10.6. The van der Waals surface area contributed by atoms with Crippen LogP contribution in [0.15, 0.2) is 42.5 Å². The number of nitrogens with one attached hydrogen (secondary N) is 1. The molecule has 0 fully saturated rings. The molecule has 0 bridgehead atoms. The predicted octanol–water partition coefficient (Wildman–Crippen LogP) is 4.57. The molecule has 2 aromatic carbocycles. The number of rotatable bonds is 9. The summed E-state index contributed by atoms with van der Waals surface area (Å²) >= 11 is 0. The zero-order valence-corrected chi connectivity index (χ0v) is 17.0. The normalized spacial score (nSPS) is 14.1. The average molecular weight is 411 g/mol. The molecule has 1 aliphatic heterocycles. The maximum Gasteiger partial charge on any atom is 0.207 e. The van der Waals surface area contributed by atoms with Gasteiger partial charge in [-0.3, -0.25) is 9.69 Å². The highest BCUT2D eigenvalue weighted by atomic mass is 19.1. The van der Waals surface area contributed by atoms with Crippen LogP contribution in [-0.4, -0.2) is 35.5 Å². The Balaban J connectivity index is 1.52. The average Bonchev–Trinajstić information content (AvgIpc) is 3.07. The van der Waals surface area contributed by atoms with Crippen LogP contribution in [0, 0.1) is 11.6 Å². The van der Waals surface area contributed by atoms with Gasteiger partial charge in [-0.05, 0) is 67.4 Å². The molecule has 158 valence electrons. The molecule has 0 unspecified atom stereocenters. The Kier molecular flexibility index (Phi) is 6.43. The number of hydrogen-bond acceptors (Lipinski definition) is 2. The SMILES string of the molecule is O=CNCCCCCCN1CCc2c(c3cc(F)ccc3n2-c2ccc(F)cc2)C1. The van der Waals surface area contributed by atoms with Crippen LogP contribution in [-0.2, 0) is 17.8 Å². The lowest BCUT2D eigenvalue weighted by Gasteiger charge is -2.28. The second-order valence-electron chi connectivity index (χ2n) is 7.91. The minimum atomic E-state index is -0.261. The lowest BCUT2D eigenvalue weighted by Crippen LogP contribution is -2.31. The summed E-state index contributed by atoms with van der Waals surface area (Å²) in [5.41, 5.74) is 4.25. The van der Waals surface area contributed by atoms with Gasteiger partial charge in [0.05, 0.1) is 5.52 Å². The smallest absolute Gasteiger partial charge is 0.207 e. The highest BCUT2D eigenvalue weighted by Crippen LogP contribution is 2.34. The summed E-state index contributed by atoms with van der Waals surface area (Å²) < 4.78 is 29.6. The standard InChI is InChI=1S/C24H27F2N3O/c25-18-5-8-20(9-6-18)29-23-10-7-19(26)15-21(23)22-16-28(14-11-24(22)29)13-4-2-1-3-12-27-17-30/h5-10,15,17H,1-4,11-14,16H2,(H,27,30). The molecule has 3 aromatic rings. The number of carbonyl (C=O) groups excluding carboxylic acids is 1.